The molecule has 1 N–H and O–H groups in total. The summed E-state index contributed by atoms with van der Waals surface area (Å²) in [5, 5.41) is 3.49. The molecule has 3 fully saturated rings. The van der Waals surface area contributed by atoms with Crippen LogP contribution in [0.1, 0.15) is 43.2 Å². The van der Waals surface area contributed by atoms with Crippen LogP contribution in [0.15, 0.2) is 29.3 Å². The van der Waals surface area contributed by atoms with Crippen molar-refractivity contribution in [1.29, 1.82) is 0 Å². The molecule has 3 saturated heterocycles. The van der Waals surface area contributed by atoms with Gasteiger partial charge in [-0.15, -0.1) is 0 Å². The van der Waals surface area contributed by atoms with Crippen LogP contribution in [0.2, 0.25) is 0 Å². The molecule has 1 amide bonds. The van der Waals surface area contributed by atoms with Crippen LogP contribution in [0.3, 0.4) is 0 Å². The number of likely N-dealkylation sites (tertiary alicyclic amines) is 1. The lowest BCUT2D eigenvalue weighted by atomic mass is 10.1. The predicted octanol–water partition coefficient (Wildman–Crippen LogP) is 2.07. The summed E-state index contributed by atoms with van der Waals surface area (Å²) in [5.74, 6) is 1.06. The van der Waals surface area contributed by atoms with Crippen LogP contribution in [0.5, 0.6) is 0 Å². The minimum atomic E-state index is -0.220. The van der Waals surface area contributed by atoms with Gasteiger partial charge < -0.3 is 19.9 Å². The van der Waals surface area contributed by atoms with E-state index >= 15 is 0 Å². The quantitative estimate of drug-likeness (QED) is 0.576. The summed E-state index contributed by atoms with van der Waals surface area (Å²) in [4.78, 5) is 23.8. The number of rotatable bonds is 5. The van der Waals surface area contributed by atoms with Gasteiger partial charge in [0.25, 0.3) is 5.91 Å². The number of nitrogens with zero attached hydrogens (tertiary/aromatic N) is 4. The highest BCUT2D eigenvalue weighted by atomic mass is 16.5. The van der Waals surface area contributed by atoms with Crippen molar-refractivity contribution in [3.63, 3.8) is 0 Å². The molecule has 0 saturated carbocycles. The largest absolute Gasteiger partial charge is 0.368 e. The Kier molecular flexibility index (Phi) is 7.81. The van der Waals surface area contributed by atoms with E-state index in [1.165, 1.54) is 43.5 Å². The fourth-order valence-corrected chi connectivity index (χ4v) is 4.77. The summed E-state index contributed by atoms with van der Waals surface area (Å²) in [5.41, 5.74) is 2.65. The van der Waals surface area contributed by atoms with E-state index in [1.54, 1.807) is 0 Å². The number of amides is 1. The van der Waals surface area contributed by atoms with Gasteiger partial charge in [-0.25, -0.2) is 0 Å². The lowest BCUT2D eigenvalue weighted by Crippen LogP contribution is -2.55. The van der Waals surface area contributed by atoms with Gasteiger partial charge in [0.05, 0.1) is 0 Å². The van der Waals surface area contributed by atoms with Crippen molar-refractivity contribution in [2.75, 3.05) is 52.9 Å². The first kappa shape index (κ1) is 22.1. The molecule has 4 rings (SSSR count). The van der Waals surface area contributed by atoms with Crippen molar-refractivity contribution >= 4 is 11.9 Å². The summed E-state index contributed by atoms with van der Waals surface area (Å²) < 4.78 is 5.56. The summed E-state index contributed by atoms with van der Waals surface area (Å²) in [6.45, 7) is 8.04. The molecule has 3 aliphatic rings. The summed E-state index contributed by atoms with van der Waals surface area (Å²) in [6.07, 6.45) is 5.67. The normalized spacial score (nSPS) is 23.3. The molecule has 3 heterocycles. The van der Waals surface area contributed by atoms with Crippen molar-refractivity contribution in [2.24, 2.45) is 4.99 Å². The Morgan fingerprint density at radius 1 is 0.968 bits per heavy atom. The lowest BCUT2D eigenvalue weighted by molar-refractivity contribution is -0.142. The molecular weight excluding hydrogens is 390 g/mol. The third-order valence-corrected chi connectivity index (χ3v) is 6.64. The van der Waals surface area contributed by atoms with Gasteiger partial charge in [0.1, 0.15) is 6.10 Å². The molecule has 31 heavy (non-hydrogen) atoms. The molecule has 0 bridgehead atoms. The first-order chi connectivity index (χ1) is 15.2. The summed E-state index contributed by atoms with van der Waals surface area (Å²) in [7, 11) is 1.83. The first-order valence-corrected chi connectivity index (χ1v) is 11.9. The second-order valence-corrected chi connectivity index (χ2v) is 8.87. The standard InChI is InChI=1S/C24H37N5O2/c1-25-24(29-15-13-28(14-16-29)23(30)22-6-5-17-31-22)26-18-20-7-9-21(10-8-20)19-27-11-3-2-4-12-27/h7-10,22H,2-6,11-19H2,1H3,(H,25,26). The van der Waals surface area contributed by atoms with E-state index in [0.717, 1.165) is 58.1 Å². The minimum Gasteiger partial charge on any atom is -0.368 e. The molecule has 1 aromatic carbocycles. The van der Waals surface area contributed by atoms with Gasteiger partial charge in [0.15, 0.2) is 5.96 Å². The smallest absolute Gasteiger partial charge is 0.251 e. The zero-order valence-electron chi connectivity index (χ0n) is 18.9. The zero-order chi connectivity index (χ0) is 21.5. The molecular formula is C24H37N5O2. The van der Waals surface area contributed by atoms with Crippen LogP contribution in [0.4, 0.5) is 0 Å². The first-order valence-electron chi connectivity index (χ1n) is 11.9. The second kappa shape index (κ2) is 11.0. The van der Waals surface area contributed by atoms with E-state index in [9.17, 15) is 4.79 Å². The molecule has 0 radical (unpaired) electrons. The number of piperazine rings is 1. The highest BCUT2D eigenvalue weighted by Gasteiger charge is 2.30. The molecule has 0 spiro atoms. The highest BCUT2D eigenvalue weighted by molar-refractivity contribution is 5.82. The Labute approximate surface area is 186 Å². The molecule has 1 atom stereocenters. The van der Waals surface area contributed by atoms with E-state index in [2.05, 4.69) is 44.4 Å². The van der Waals surface area contributed by atoms with Gasteiger partial charge in [0.2, 0.25) is 0 Å². The van der Waals surface area contributed by atoms with Crippen LogP contribution >= 0.6 is 0 Å². The highest BCUT2D eigenvalue weighted by Crippen LogP contribution is 2.16. The van der Waals surface area contributed by atoms with Gasteiger partial charge in [0, 0.05) is 52.9 Å². The van der Waals surface area contributed by atoms with Crippen LogP contribution in [-0.2, 0) is 22.6 Å². The summed E-state index contributed by atoms with van der Waals surface area (Å²) in [6, 6.07) is 8.95. The Balaban J connectivity index is 1.22. The number of carbonyl (C=O) groups is 1. The van der Waals surface area contributed by atoms with E-state index in [0.29, 0.717) is 6.61 Å². The number of hydrogen-bond donors (Lipinski definition) is 1. The maximum Gasteiger partial charge on any atom is 0.251 e. The molecule has 170 valence electrons. The number of nitrogens with one attached hydrogen (secondary N) is 1. The molecule has 1 aromatic rings. The number of guanidine groups is 1. The molecule has 1 unspecified atom stereocenters. The van der Waals surface area contributed by atoms with Crippen LogP contribution in [0, 0.1) is 0 Å². The molecule has 7 heteroatoms. The van der Waals surface area contributed by atoms with Gasteiger partial charge >= 0.3 is 0 Å². The van der Waals surface area contributed by atoms with Gasteiger partial charge in [-0.3, -0.25) is 14.7 Å². The topological polar surface area (TPSA) is 60.4 Å². The third-order valence-electron chi connectivity index (χ3n) is 6.64. The van der Waals surface area contributed by atoms with E-state index < -0.39 is 0 Å². The van der Waals surface area contributed by atoms with Crippen LogP contribution in [0.25, 0.3) is 0 Å². The van der Waals surface area contributed by atoms with Crippen molar-refractivity contribution < 1.29 is 9.53 Å². The fourth-order valence-electron chi connectivity index (χ4n) is 4.77. The molecule has 0 aromatic heterocycles. The van der Waals surface area contributed by atoms with Crippen molar-refractivity contribution in [1.82, 2.24) is 20.0 Å². The van der Waals surface area contributed by atoms with E-state index in [-0.39, 0.29) is 12.0 Å². The average Bonchev–Trinajstić information content (AvgIpc) is 3.36. The summed E-state index contributed by atoms with van der Waals surface area (Å²) >= 11 is 0. The Morgan fingerprint density at radius 2 is 1.65 bits per heavy atom. The number of ether oxygens (including phenoxy) is 1. The van der Waals surface area contributed by atoms with Gasteiger partial charge in [-0.2, -0.15) is 0 Å². The second-order valence-electron chi connectivity index (χ2n) is 8.87. The molecule has 0 aliphatic carbocycles. The van der Waals surface area contributed by atoms with Crippen LogP contribution < -0.4 is 5.32 Å². The van der Waals surface area contributed by atoms with E-state index in [1.807, 2.05) is 11.9 Å². The number of piperidine rings is 1. The number of carbonyl (C=O) groups excluding carboxylic acids is 1. The maximum absolute atomic E-state index is 12.5. The maximum atomic E-state index is 12.5. The zero-order valence-corrected chi connectivity index (χ0v) is 18.9. The molecule has 7 nitrogen and oxygen atoms in total. The Bertz CT molecular complexity index is 731. The van der Waals surface area contributed by atoms with E-state index in [4.69, 9.17) is 4.74 Å². The monoisotopic (exact) mass is 427 g/mol. The number of aliphatic imine (C=N–C) groups is 1. The minimum absolute atomic E-state index is 0.157. The van der Waals surface area contributed by atoms with Crippen molar-refractivity contribution in [2.45, 2.75) is 51.3 Å². The average molecular weight is 428 g/mol. The fraction of sp³-hybridized carbons (Fsp3) is 0.667. The molecule has 3 aliphatic heterocycles. The Hall–Kier alpha value is -2.12. The van der Waals surface area contributed by atoms with Gasteiger partial charge in [-0.1, -0.05) is 30.7 Å². The SMILES string of the molecule is CN=C(NCc1ccc(CN2CCCCC2)cc1)N1CCN(C(=O)C2CCCO2)CC1. The Morgan fingerprint density at radius 3 is 2.29 bits per heavy atom. The number of benzene rings is 1. The lowest BCUT2D eigenvalue weighted by Gasteiger charge is -2.37. The van der Waals surface area contributed by atoms with Crippen molar-refractivity contribution in [3.05, 3.63) is 35.4 Å². The van der Waals surface area contributed by atoms with Crippen LogP contribution in [-0.4, -0.2) is 85.6 Å². The van der Waals surface area contributed by atoms with Crippen molar-refractivity contribution in [3.8, 4) is 0 Å². The van der Waals surface area contributed by atoms with Gasteiger partial charge in [-0.05, 0) is 49.9 Å². The number of hydrogen-bond acceptors (Lipinski definition) is 4. The predicted molar refractivity (Wildman–Crippen MR) is 123 cm³/mol. The third kappa shape index (κ3) is 5.98.